The Morgan fingerprint density at radius 3 is 1.68 bits per heavy atom. The fraction of sp³-hybridized carbons (Fsp3) is 0.455. The summed E-state index contributed by atoms with van der Waals surface area (Å²) in [6.07, 6.45) is -8.18. The van der Waals surface area contributed by atoms with Crippen LogP contribution in [-0.4, -0.2) is 110 Å². The van der Waals surface area contributed by atoms with Crippen molar-refractivity contribution in [3.05, 3.63) is 42.7 Å². The zero-order valence-electron chi connectivity index (χ0n) is 21.6. The Hall–Kier alpha value is -4.50. The summed E-state index contributed by atoms with van der Waals surface area (Å²) in [4.78, 5) is 43.5. The lowest BCUT2D eigenvalue weighted by Gasteiger charge is -2.37. The maximum atomic E-state index is 13.0. The third kappa shape index (κ3) is 13.6. The molecular formula is C22H21F10N5O7. The summed E-state index contributed by atoms with van der Waals surface area (Å²) in [5.74, 6) is -7.26. The Morgan fingerprint density at radius 1 is 0.795 bits per heavy atom. The predicted octanol–water partition coefficient (Wildman–Crippen LogP) is 3.25. The molecule has 2 aromatic rings. The maximum Gasteiger partial charge on any atom is 0.490 e. The molecule has 12 nitrogen and oxygen atoms in total. The highest BCUT2D eigenvalue weighted by atomic mass is 19.4. The molecule has 0 saturated carbocycles. The quantitative estimate of drug-likeness (QED) is 0.413. The standard InChI is InChI=1S/C16H18FN5O.3C2HF3O2/c17-12-7-19-16(20-8-12)22-5-4-21-11-15(6-13(21)10-22)23-14-2-1-3-18-9-14;3*3-2(4,5)1(6)7/h1-3,7-9,13,15H,4-6,10-11H2;3*(H,6,7)/t13-,15+;;;/m0.../s1. The van der Waals surface area contributed by atoms with E-state index in [4.69, 9.17) is 34.4 Å². The average molecular weight is 657 g/mol. The Labute approximate surface area is 239 Å². The minimum atomic E-state index is -5.08. The van der Waals surface area contributed by atoms with Crippen LogP contribution in [0.5, 0.6) is 5.75 Å². The number of pyridine rings is 1. The van der Waals surface area contributed by atoms with E-state index in [2.05, 4.69) is 24.8 Å². The Kier molecular flexibility index (Phi) is 13.5. The molecule has 0 bridgehead atoms. The van der Waals surface area contributed by atoms with Crippen molar-refractivity contribution in [2.24, 2.45) is 0 Å². The fourth-order valence-corrected chi connectivity index (χ4v) is 3.34. The summed E-state index contributed by atoms with van der Waals surface area (Å²) in [7, 11) is 0. The molecule has 2 aliphatic heterocycles. The summed E-state index contributed by atoms with van der Waals surface area (Å²) in [6.45, 7) is 3.57. The summed E-state index contributed by atoms with van der Waals surface area (Å²) in [5, 5.41) is 21.4. The minimum Gasteiger partial charge on any atom is -0.487 e. The molecule has 22 heteroatoms. The molecule has 2 fully saturated rings. The van der Waals surface area contributed by atoms with E-state index in [1.165, 1.54) is 12.4 Å². The van der Waals surface area contributed by atoms with Crippen LogP contribution in [-0.2, 0) is 14.4 Å². The van der Waals surface area contributed by atoms with Gasteiger partial charge in [-0.3, -0.25) is 9.88 Å². The first-order valence-corrected chi connectivity index (χ1v) is 11.5. The average Bonchev–Trinajstić information content (AvgIpc) is 3.30. The minimum absolute atomic E-state index is 0.179. The number of ether oxygens (including phenoxy) is 1. The third-order valence-electron chi connectivity index (χ3n) is 5.13. The molecule has 4 rings (SSSR count). The second-order valence-corrected chi connectivity index (χ2v) is 8.37. The third-order valence-corrected chi connectivity index (χ3v) is 5.13. The van der Waals surface area contributed by atoms with Crippen molar-refractivity contribution >= 4 is 23.9 Å². The zero-order valence-corrected chi connectivity index (χ0v) is 21.6. The summed E-state index contributed by atoms with van der Waals surface area (Å²) < 4.78 is 114. The molecule has 246 valence electrons. The number of aromatic nitrogens is 3. The smallest absolute Gasteiger partial charge is 0.487 e. The number of rotatable bonds is 3. The van der Waals surface area contributed by atoms with Gasteiger partial charge in [0.2, 0.25) is 5.95 Å². The number of halogens is 10. The number of hydrogen-bond acceptors (Lipinski definition) is 9. The van der Waals surface area contributed by atoms with Crippen molar-refractivity contribution in [3.63, 3.8) is 0 Å². The van der Waals surface area contributed by atoms with E-state index in [0.717, 1.165) is 38.3 Å². The van der Waals surface area contributed by atoms with Gasteiger partial charge in [0.05, 0.1) is 18.6 Å². The summed E-state index contributed by atoms with van der Waals surface area (Å²) in [5.41, 5.74) is 0. The molecule has 0 aromatic carbocycles. The molecule has 2 atom stereocenters. The van der Waals surface area contributed by atoms with Crippen LogP contribution < -0.4 is 9.64 Å². The molecule has 0 unspecified atom stereocenters. The molecule has 0 aliphatic carbocycles. The Bertz CT molecular complexity index is 1160. The van der Waals surface area contributed by atoms with Gasteiger partial charge in [-0.05, 0) is 12.1 Å². The van der Waals surface area contributed by atoms with Crippen molar-refractivity contribution in [1.82, 2.24) is 19.9 Å². The lowest BCUT2D eigenvalue weighted by atomic mass is 10.1. The molecule has 4 heterocycles. The topological polar surface area (TPSA) is 166 Å². The van der Waals surface area contributed by atoms with E-state index in [1.807, 2.05) is 12.1 Å². The van der Waals surface area contributed by atoms with Crippen LogP contribution >= 0.6 is 0 Å². The molecule has 0 spiro atoms. The first kappa shape index (κ1) is 37.5. The van der Waals surface area contributed by atoms with E-state index in [-0.39, 0.29) is 6.10 Å². The summed E-state index contributed by atoms with van der Waals surface area (Å²) in [6, 6.07) is 4.23. The van der Waals surface area contributed by atoms with Crippen LogP contribution in [0, 0.1) is 5.82 Å². The second kappa shape index (κ2) is 15.8. The molecule has 0 amide bonds. The second-order valence-electron chi connectivity index (χ2n) is 8.37. The van der Waals surface area contributed by atoms with Crippen LogP contribution in [0.2, 0.25) is 0 Å². The van der Waals surface area contributed by atoms with Gasteiger partial charge in [-0.1, -0.05) is 0 Å². The first-order chi connectivity index (χ1) is 20.1. The number of carboxylic acid groups (broad SMARTS) is 3. The van der Waals surface area contributed by atoms with E-state index in [9.17, 15) is 43.9 Å². The largest absolute Gasteiger partial charge is 0.490 e. The molecule has 2 aromatic heterocycles. The summed E-state index contributed by atoms with van der Waals surface area (Å²) >= 11 is 0. The molecular weight excluding hydrogens is 636 g/mol. The van der Waals surface area contributed by atoms with Crippen LogP contribution in [0.3, 0.4) is 0 Å². The van der Waals surface area contributed by atoms with Gasteiger partial charge in [-0.2, -0.15) is 39.5 Å². The van der Waals surface area contributed by atoms with Gasteiger partial charge in [-0.25, -0.2) is 28.7 Å². The lowest BCUT2D eigenvalue weighted by Crippen LogP contribution is -2.50. The number of hydrogen-bond donors (Lipinski definition) is 3. The van der Waals surface area contributed by atoms with Crippen molar-refractivity contribution in [2.45, 2.75) is 37.1 Å². The Morgan fingerprint density at radius 2 is 1.27 bits per heavy atom. The Balaban J connectivity index is 0.000000379. The van der Waals surface area contributed by atoms with Crippen molar-refractivity contribution in [2.75, 3.05) is 31.1 Å². The van der Waals surface area contributed by atoms with Gasteiger partial charge in [-0.15, -0.1) is 0 Å². The van der Waals surface area contributed by atoms with E-state index >= 15 is 0 Å². The van der Waals surface area contributed by atoms with E-state index in [1.54, 1.807) is 12.4 Å². The molecule has 0 radical (unpaired) electrons. The highest BCUT2D eigenvalue weighted by Crippen LogP contribution is 2.27. The van der Waals surface area contributed by atoms with Crippen LogP contribution in [0.15, 0.2) is 36.9 Å². The van der Waals surface area contributed by atoms with Crippen molar-refractivity contribution in [3.8, 4) is 5.75 Å². The maximum absolute atomic E-state index is 13.0. The molecule has 44 heavy (non-hydrogen) atoms. The van der Waals surface area contributed by atoms with Crippen LogP contribution in [0.4, 0.5) is 49.9 Å². The number of aliphatic carboxylic acids is 3. The van der Waals surface area contributed by atoms with Crippen molar-refractivity contribution < 1.29 is 78.3 Å². The number of alkyl halides is 9. The van der Waals surface area contributed by atoms with E-state index in [0.29, 0.717) is 12.0 Å². The monoisotopic (exact) mass is 657 g/mol. The predicted molar refractivity (Wildman–Crippen MR) is 124 cm³/mol. The number of fused-ring (bicyclic) bond motifs is 1. The van der Waals surface area contributed by atoms with Gasteiger partial charge >= 0.3 is 36.4 Å². The fourth-order valence-electron chi connectivity index (χ4n) is 3.34. The normalized spacial score (nSPS) is 18.2. The molecule has 2 aliphatic rings. The number of anilines is 1. The SMILES string of the molecule is Fc1cnc(N2CCN3C[C@H](Oc4cccnc4)C[C@H]3C2)nc1.O=C(O)C(F)(F)F.O=C(O)C(F)(F)F.O=C(O)C(F)(F)F. The highest BCUT2D eigenvalue weighted by Gasteiger charge is 2.40. The van der Waals surface area contributed by atoms with E-state index < -0.39 is 42.3 Å². The number of nitrogens with zero attached hydrogens (tertiary/aromatic N) is 5. The first-order valence-electron chi connectivity index (χ1n) is 11.5. The van der Waals surface area contributed by atoms with Crippen molar-refractivity contribution in [1.29, 1.82) is 0 Å². The van der Waals surface area contributed by atoms with Gasteiger partial charge in [0.25, 0.3) is 0 Å². The van der Waals surface area contributed by atoms with Crippen LogP contribution in [0.1, 0.15) is 6.42 Å². The van der Waals surface area contributed by atoms with Crippen LogP contribution in [0.25, 0.3) is 0 Å². The lowest BCUT2D eigenvalue weighted by molar-refractivity contribution is -0.193. The number of carboxylic acids is 3. The molecule has 2 saturated heterocycles. The van der Waals surface area contributed by atoms with Gasteiger partial charge < -0.3 is 25.0 Å². The van der Waals surface area contributed by atoms with Gasteiger partial charge in [0.1, 0.15) is 11.9 Å². The zero-order chi connectivity index (χ0) is 33.9. The van der Waals surface area contributed by atoms with Gasteiger partial charge in [0, 0.05) is 44.8 Å². The molecule has 3 N–H and O–H groups in total. The van der Waals surface area contributed by atoms with Gasteiger partial charge in [0.15, 0.2) is 5.82 Å². The number of carbonyl (C=O) groups is 3. The highest BCUT2D eigenvalue weighted by molar-refractivity contribution is 5.73. The number of piperazine rings is 1.